The third kappa shape index (κ3) is 3.72. The quantitative estimate of drug-likeness (QED) is 0.661. The maximum absolute atomic E-state index is 11.0. The number of nitrogens with zero attached hydrogens (tertiary/aromatic N) is 2. The lowest BCUT2D eigenvalue weighted by molar-refractivity contribution is -0.118. The van der Waals surface area contributed by atoms with E-state index in [0.29, 0.717) is 17.5 Å². The predicted molar refractivity (Wildman–Crippen MR) is 63.0 cm³/mol. The van der Waals surface area contributed by atoms with Crippen molar-refractivity contribution in [2.24, 2.45) is 0 Å². The van der Waals surface area contributed by atoms with Crippen LogP contribution in [0.15, 0.2) is 6.07 Å². The Morgan fingerprint density at radius 3 is 2.88 bits per heavy atom. The summed E-state index contributed by atoms with van der Waals surface area (Å²) >= 11 is 0. The molecule has 1 aromatic rings. The fraction of sp³-hybridized carbons (Fsp3) is 0.500. The number of nitrogen functional groups attached to an aromatic ring is 1. The van der Waals surface area contributed by atoms with Gasteiger partial charge in [0.2, 0.25) is 5.91 Å². The SMILES string of the molecule is CCCc1nc(N)cc(NCC(=O)NC)n1. The Morgan fingerprint density at radius 1 is 1.50 bits per heavy atom. The zero-order chi connectivity index (χ0) is 12.0. The molecule has 0 aliphatic heterocycles. The number of aromatic nitrogens is 2. The van der Waals surface area contributed by atoms with E-state index in [-0.39, 0.29) is 12.5 Å². The lowest BCUT2D eigenvalue weighted by Gasteiger charge is -2.07. The van der Waals surface area contributed by atoms with Crippen LogP contribution in [-0.4, -0.2) is 29.5 Å². The summed E-state index contributed by atoms with van der Waals surface area (Å²) in [5, 5.41) is 5.41. The van der Waals surface area contributed by atoms with Crippen LogP contribution in [-0.2, 0) is 11.2 Å². The smallest absolute Gasteiger partial charge is 0.239 e. The van der Waals surface area contributed by atoms with Gasteiger partial charge in [0.1, 0.15) is 17.5 Å². The molecular weight excluding hydrogens is 206 g/mol. The number of anilines is 2. The Hall–Kier alpha value is -1.85. The molecule has 16 heavy (non-hydrogen) atoms. The van der Waals surface area contributed by atoms with E-state index < -0.39 is 0 Å². The van der Waals surface area contributed by atoms with Crippen LogP contribution in [0.25, 0.3) is 0 Å². The number of amides is 1. The minimum Gasteiger partial charge on any atom is -0.384 e. The molecule has 0 radical (unpaired) electrons. The summed E-state index contributed by atoms with van der Waals surface area (Å²) in [6, 6.07) is 1.61. The van der Waals surface area contributed by atoms with E-state index in [1.807, 2.05) is 6.92 Å². The maximum atomic E-state index is 11.0. The molecule has 88 valence electrons. The molecule has 1 heterocycles. The highest BCUT2D eigenvalue weighted by Gasteiger charge is 2.03. The van der Waals surface area contributed by atoms with Crippen LogP contribution in [0.1, 0.15) is 19.2 Å². The van der Waals surface area contributed by atoms with Gasteiger partial charge >= 0.3 is 0 Å². The summed E-state index contributed by atoms with van der Waals surface area (Å²) in [6.45, 7) is 2.22. The number of likely N-dealkylation sites (N-methyl/N-ethyl adjacent to an activating group) is 1. The number of nitrogens with two attached hydrogens (primary N) is 1. The first-order chi connectivity index (χ1) is 7.65. The first-order valence-electron chi connectivity index (χ1n) is 5.23. The number of carbonyl (C=O) groups excluding carboxylic acids is 1. The van der Waals surface area contributed by atoms with Gasteiger partial charge in [-0.05, 0) is 6.42 Å². The number of nitrogens with one attached hydrogen (secondary N) is 2. The first-order valence-corrected chi connectivity index (χ1v) is 5.23. The van der Waals surface area contributed by atoms with Gasteiger partial charge in [0.25, 0.3) is 0 Å². The summed E-state index contributed by atoms with van der Waals surface area (Å²) in [7, 11) is 1.58. The van der Waals surface area contributed by atoms with Crippen LogP contribution in [0.2, 0.25) is 0 Å². The second-order valence-electron chi connectivity index (χ2n) is 3.37. The van der Waals surface area contributed by atoms with Crippen molar-refractivity contribution in [2.75, 3.05) is 24.6 Å². The molecule has 0 aliphatic rings. The van der Waals surface area contributed by atoms with Gasteiger partial charge in [-0.25, -0.2) is 9.97 Å². The van der Waals surface area contributed by atoms with E-state index in [1.165, 1.54) is 0 Å². The first kappa shape index (κ1) is 12.2. The van der Waals surface area contributed by atoms with Crippen molar-refractivity contribution in [3.63, 3.8) is 0 Å². The van der Waals surface area contributed by atoms with Gasteiger partial charge in [0.05, 0.1) is 6.54 Å². The summed E-state index contributed by atoms with van der Waals surface area (Å²) in [6.07, 6.45) is 1.73. The van der Waals surface area contributed by atoms with Crippen molar-refractivity contribution in [1.29, 1.82) is 0 Å². The largest absolute Gasteiger partial charge is 0.384 e. The van der Waals surface area contributed by atoms with Gasteiger partial charge in [-0.1, -0.05) is 6.92 Å². The molecule has 6 nitrogen and oxygen atoms in total. The van der Waals surface area contributed by atoms with Crippen LogP contribution in [0, 0.1) is 0 Å². The highest BCUT2D eigenvalue weighted by atomic mass is 16.1. The van der Waals surface area contributed by atoms with Crippen molar-refractivity contribution in [3.8, 4) is 0 Å². The number of hydrogen-bond donors (Lipinski definition) is 3. The zero-order valence-electron chi connectivity index (χ0n) is 9.58. The highest BCUT2D eigenvalue weighted by Crippen LogP contribution is 2.09. The van der Waals surface area contributed by atoms with E-state index in [0.717, 1.165) is 12.8 Å². The second kappa shape index (κ2) is 5.89. The maximum Gasteiger partial charge on any atom is 0.239 e. The molecule has 0 spiro atoms. The van der Waals surface area contributed by atoms with Gasteiger partial charge in [-0.15, -0.1) is 0 Å². The molecule has 0 aliphatic carbocycles. The standard InChI is InChI=1S/C10H17N5O/c1-3-4-8-14-7(11)5-9(15-8)13-6-10(16)12-2/h5H,3-4,6H2,1-2H3,(H,12,16)(H3,11,13,14,15). The van der Waals surface area contributed by atoms with Gasteiger partial charge in [-0.2, -0.15) is 0 Å². The summed E-state index contributed by atoms with van der Waals surface area (Å²) in [4.78, 5) is 19.4. The summed E-state index contributed by atoms with van der Waals surface area (Å²) < 4.78 is 0. The van der Waals surface area contributed by atoms with Crippen LogP contribution in [0.3, 0.4) is 0 Å². The highest BCUT2D eigenvalue weighted by molar-refractivity contribution is 5.80. The van der Waals surface area contributed by atoms with Gasteiger partial charge in [0, 0.05) is 19.5 Å². The third-order valence-corrected chi connectivity index (χ3v) is 1.97. The number of rotatable bonds is 5. The Kier molecular flexibility index (Phi) is 4.50. The number of hydrogen-bond acceptors (Lipinski definition) is 5. The molecule has 0 fully saturated rings. The lowest BCUT2D eigenvalue weighted by Crippen LogP contribution is -2.26. The van der Waals surface area contributed by atoms with Crippen molar-refractivity contribution in [2.45, 2.75) is 19.8 Å². The predicted octanol–water partition coefficient (Wildman–Crippen LogP) is 0.169. The number of carbonyl (C=O) groups is 1. The average molecular weight is 223 g/mol. The summed E-state index contributed by atoms with van der Waals surface area (Å²) in [5.41, 5.74) is 5.64. The molecule has 0 aromatic carbocycles. The van der Waals surface area contributed by atoms with Gasteiger partial charge in [0.15, 0.2) is 0 Å². The zero-order valence-corrected chi connectivity index (χ0v) is 9.58. The van der Waals surface area contributed by atoms with Crippen LogP contribution < -0.4 is 16.4 Å². The number of aryl methyl sites for hydroxylation is 1. The molecule has 4 N–H and O–H groups in total. The second-order valence-corrected chi connectivity index (χ2v) is 3.37. The fourth-order valence-corrected chi connectivity index (χ4v) is 1.20. The Balaban J connectivity index is 2.68. The average Bonchev–Trinajstić information content (AvgIpc) is 2.25. The van der Waals surface area contributed by atoms with Gasteiger partial charge in [-0.3, -0.25) is 4.79 Å². The molecule has 1 amide bonds. The van der Waals surface area contributed by atoms with Crippen molar-refractivity contribution in [1.82, 2.24) is 15.3 Å². The topological polar surface area (TPSA) is 92.9 Å². The van der Waals surface area contributed by atoms with Crippen molar-refractivity contribution >= 4 is 17.5 Å². The molecule has 0 saturated heterocycles. The summed E-state index contributed by atoms with van der Waals surface area (Å²) in [5.74, 6) is 1.59. The van der Waals surface area contributed by atoms with E-state index in [9.17, 15) is 4.79 Å². The monoisotopic (exact) mass is 223 g/mol. The molecule has 0 atom stereocenters. The van der Waals surface area contributed by atoms with Crippen molar-refractivity contribution < 1.29 is 4.79 Å². The van der Waals surface area contributed by atoms with E-state index >= 15 is 0 Å². The lowest BCUT2D eigenvalue weighted by atomic mass is 10.3. The minimum absolute atomic E-state index is 0.103. The van der Waals surface area contributed by atoms with E-state index in [1.54, 1.807) is 13.1 Å². The van der Waals surface area contributed by atoms with Crippen LogP contribution >= 0.6 is 0 Å². The molecule has 1 aromatic heterocycles. The molecular formula is C10H17N5O. The van der Waals surface area contributed by atoms with Crippen LogP contribution in [0.5, 0.6) is 0 Å². The van der Waals surface area contributed by atoms with Gasteiger partial charge < -0.3 is 16.4 Å². The Bertz CT molecular complexity index is 366. The minimum atomic E-state index is -0.103. The van der Waals surface area contributed by atoms with E-state index in [4.69, 9.17) is 5.73 Å². The molecule has 6 heteroatoms. The third-order valence-electron chi connectivity index (χ3n) is 1.97. The fourth-order valence-electron chi connectivity index (χ4n) is 1.20. The van der Waals surface area contributed by atoms with E-state index in [2.05, 4.69) is 20.6 Å². The van der Waals surface area contributed by atoms with Crippen molar-refractivity contribution in [3.05, 3.63) is 11.9 Å². The molecule has 1 rings (SSSR count). The normalized spacial score (nSPS) is 9.88. The Labute approximate surface area is 94.7 Å². The van der Waals surface area contributed by atoms with Crippen LogP contribution in [0.4, 0.5) is 11.6 Å². The molecule has 0 saturated carbocycles. The Morgan fingerprint density at radius 2 is 2.25 bits per heavy atom. The molecule has 0 bridgehead atoms. The molecule has 0 unspecified atom stereocenters.